The molecule has 0 bridgehead atoms. The molecule has 1 saturated heterocycles. The molecular formula is C18H18Cl2N2O2. The van der Waals surface area contributed by atoms with Crippen molar-refractivity contribution in [3.63, 3.8) is 0 Å². The molecule has 3 rings (SSSR count). The van der Waals surface area contributed by atoms with Crippen molar-refractivity contribution in [1.82, 2.24) is 4.90 Å². The summed E-state index contributed by atoms with van der Waals surface area (Å²) >= 11 is 12.3. The second-order valence-corrected chi connectivity index (χ2v) is 6.99. The highest BCUT2D eigenvalue weighted by molar-refractivity contribution is 6.34. The summed E-state index contributed by atoms with van der Waals surface area (Å²) in [6, 6.07) is 14.4. The number of anilines is 1. The Hall–Kier alpha value is -1.75. The lowest BCUT2D eigenvalue weighted by atomic mass is 9.92. The van der Waals surface area contributed by atoms with Crippen molar-refractivity contribution in [2.75, 3.05) is 18.2 Å². The normalized spacial score (nSPS) is 15.8. The van der Waals surface area contributed by atoms with Gasteiger partial charge in [0.25, 0.3) is 0 Å². The average Bonchev–Trinajstić information content (AvgIpc) is 2.55. The van der Waals surface area contributed by atoms with Crippen LogP contribution >= 0.6 is 23.2 Å². The van der Waals surface area contributed by atoms with Gasteiger partial charge in [-0.05, 0) is 49.7 Å². The third kappa shape index (κ3) is 3.22. The van der Waals surface area contributed by atoms with Crippen LogP contribution in [0.5, 0.6) is 0 Å². The van der Waals surface area contributed by atoms with Gasteiger partial charge in [0, 0.05) is 16.6 Å². The predicted octanol–water partition coefficient (Wildman–Crippen LogP) is 5.10. The lowest BCUT2D eigenvalue weighted by molar-refractivity contribution is 0.0204. The number of para-hydroxylation sites is 1. The van der Waals surface area contributed by atoms with E-state index >= 15 is 0 Å². The zero-order chi connectivity index (χ0) is 17.3. The summed E-state index contributed by atoms with van der Waals surface area (Å²) in [5, 5.41) is 2.43. The molecule has 1 heterocycles. The number of amides is 2. The molecule has 0 atom stereocenters. The van der Waals surface area contributed by atoms with Gasteiger partial charge in [0.2, 0.25) is 0 Å². The summed E-state index contributed by atoms with van der Waals surface area (Å²) in [4.78, 5) is 20.3. The molecule has 2 amide bonds. The molecule has 0 N–H and O–H groups in total. The van der Waals surface area contributed by atoms with E-state index in [2.05, 4.69) is 0 Å². The Bertz CT molecular complexity index is 730. The highest BCUT2D eigenvalue weighted by Gasteiger charge is 2.39. The van der Waals surface area contributed by atoms with Gasteiger partial charge in [-0.3, -0.25) is 4.84 Å². The zero-order valence-electron chi connectivity index (χ0n) is 13.5. The minimum atomic E-state index is -0.581. The number of carbonyl (C=O) groups is 1. The van der Waals surface area contributed by atoms with Gasteiger partial charge < -0.3 is 4.90 Å². The molecule has 0 aliphatic carbocycles. The standard InChI is InChI=1S/C18H18Cl2N2O2/c1-18(2,13-10-14(19)12-15(20)11-13)21-8-9-24-22(17(21)23)16-6-4-3-5-7-16/h3-7,10-12H,8-9H2,1-2H3. The summed E-state index contributed by atoms with van der Waals surface area (Å²) in [5.74, 6) is 0. The van der Waals surface area contributed by atoms with E-state index in [1.807, 2.05) is 56.3 Å². The van der Waals surface area contributed by atoms with Crippen molar-refractivity contribution >= 4 is 34.9 Å². The van der Waals surface area contributed by atoms with E-state index in [0.717, 1.165) is 5.56 Å². The number of halogens is 2. The lowest BCUT2D eigenvalue weighted by Crippen LogP contribution is -2.57. The average molecular weight is 365 g/mol. The van der Waals surface area contributed by atoms with E-state index < -0.39 is 5.54 Å². The fourth-order valence-corrected chi connectivity index (χ4v) is 3.34. The first-order chi connectivity index (χ1) is 11.4. The second kappa shape index (κ2) is 6.63. The van der Waals surface area contributed by atoms with Crippen molar-refractivity contribution in [1.29, 1.82) is 0 Å². The molecule has 0 unspecified atom stereocenters. The Labute approximate surface area is 151 Å². The Kier molecular flexibility index (Phi) is 4.72. The fourth-order valence-electron chi connectivity index (χ4n) is 2.81. The van der Waals surface area contributed by atoms with Crippen LogP contribution in [0.25, 0.3) is 0 Å². The van der Waals surface area contributed by atoms with Crippen LogP contribution in [0.1, 0.15) is 19.4 Å². The minimum Gasteiger partial charge on any atom is -0.311 e. The number of rotatable bonds is 3. The van der Waals surface area contributed by atoms with E-state index in [4.69, 9.17) is 28.0 Å². The quantitative estimate of drug-likeness (QED) is 0.758. The smallest absolute Gasteiger partial charge is 0.311 e. The first kappa shape index (κ1) is 17.1. The van der Waals surface area contributed by atoms with E-state index in [-0.39, 0.29) is 6.03 Å². The van der Waals surface area contributed by atoms with Crippen LogP contribution in [0, 0.1) is 0 Å². The number of carbonyl (C=O) groups excluding carboxylic acids is 1. The number of benzene rings is 2. The molecule has 126 valence electrons. The Morgan fingerprint density at radius 1 is 1.04 bits per heavy atom. The predicted molar refractivity (Wildman–Crippen MR) is 96.5 cm³/mol. The molecule has 2 aromatic rings. The first-order valence-corrected chi connectivity index (χ1v) is 8.41. The van der Waals surface area contributed by atoms with E-state index in [0.29, 0.717) is 28.9 Å². The molecule has 1 fully saturated rings. The van der Waals surface area contributed by atoms with Crippen LogP contribution in [0.2, 0.25) is 10.0 Å². The van der Waals surface area contributed by atoms with Crippen LogP contribution in [-0.2, 0) is 10.4 Å². The van der Waals surface area contributed by atoms with Crippen LogP contribution in [0.15, 0.2) is 48.5 Å². The van der Waals surface area contributed by atoms with Crippen molar-refractivity contribution in [3.8, 4) is 0 Å². The minimum absolute atomic E-state index is 0.214. The monoisotopic (exact) mass is 364 g/mol. The Balaban J connectivity index is 1.94. The summed E-state index contributed by atoms with van der Waals surface area (Å²) in [6.07, 6.45) is 0. The number of nitrogens with zero attached hydrogens (tertiary/aromatic N) is 2. The molecule has 2 aromatic carbocycles. The molecular weight excluding hydrogens is 347 g/mol. The van der Waals surface area contributed by atoms with Gasteiger partial charge in [0.05, 0.1) is 17.8 Å². The highest BCUT2D eigenvalue weighted by Crippen LogP contribution is 2.34. The van der Waals surface area contributed by atoms with Crippen molar-refractivity contribution in [2.24, 2.45) is 0 Å². The summed E-state index contributed by atoms with van der Waals surface area (Å²) in [7, 11) is 0. The number of hydrogen-bond donors (Lipinski definition) is 0. The van der Waals surface area contributed by atoms with Gasteiger partial charge in [-0.1, -0.05) is 41.4 Å². The molecule has 6 heteroatoms. The van der Waals surface area contributed by atoms with Gasteiger partial charge in [0.1, 0.15) is 0 Å². The van der Waals surface area contributed by atoms with Crippen LogP contribution in [0.3, 0.4) is 0 Å². The fraction of sp³-hybridized carbons (Fsp3) is 0.278. The zero-order valence-corrected chi connectivity index (χ0v) is 15.0. The van der Waals surface area contributed by atoms with E-state index in [9.17, 15) is 4.79 Å². The molecule has 0 aromatic heterocycles. The van der Waals surface area contributed by atoms with Gasteiger partial charge >= 0.3 is 6.03 Å². The maximum atomic E-state index is 13.0. The van der Waals surface area contributed by atoms with Crippen LogP contribution in [0.4, 0.5) is 10.5 Å². The largest absolute Gasteiger partial charge is 0.349 e. The van der Waals surface area contributed by atoms with E-state index in [1.165, 1.54) is 5.06 Å². The number of urea groups is 1. The number of hydrogen-bond acceptors (Lipinski definition) is 2. The van der Waals surface area contributed by atoms with Crippen molar-refractivity contribution < 1.29 is 9.63 Å². The van der Waals surface area contributed by atoms with Gasteiger partial charge in [-0.15, -0.1) is 0 Å². The highest BCUT2D eigenvalue weighted by atomic mass is 35.5. The maximum absolute atomic E-state index is 13.0. The first-order valence-electron chi connectivity index (χ1n) is 7.66. The topological polar surface area (TPSA) is 32.8 Å². The SMILES string of the molecule is CC(C)(c1cc(Cl)cc(Cl)c1)N1CCON(c2ccccc2)C1=O. The Morgan fingerprint density at radius 3 is 2.29 bits per heavy atom. The molecule has 4 nitrogen and oxygen atoms in total. The molecule has 0 spiro atoms. The summed E-state index contributed by atoms with van der Waals surface area (Å²) in [5.41, 5.74) is 0.998. The summed E-state index contributed by atoms with van der Waals surface area (Å²) < 4.78 is 0. The van der Waals surface area contributed by atoms with Gasteiger partial charge in [0.15, 0.2) is 0 Å². The molecule has 24 heavy (non-hydrogen) atoms. The lowest BCUT2D eigenvalue weighted by Gasteiger charge is -2.44. The summed E-state index contributed by atoms with van der Waals surface area (Å²) in [6.45, 7) is 4.85. The third-order valence-electron chi connectivity index (χ3n) is 4.17. The Morgan fingerprint density at radius 2 is 1.67 bits per heavy atom. The molecule has 1 aliphatic rings. The van der Waals surface area contributed by atoms with Crippen LogP contribution < -0.4 is 5.06 Å². The second-order valence-electron chi connectivity index (χ2n) is 6.11. The van der Waals surface area contributed by atoms with Gasteiger partial charge in [-0.2, -0.15) is 5.06 Å². The number of hydroxylamine groups is 1. The molecule has 0 radical (unpaired) electrons. The van der Waals surface area contributed by atoms with E-state index in [1.54, 1.807) is 11.0 Å². The third-order valence-corrected chi connectivity index (χ3v) is 4.61. The molecule has 1 aliphatic heterocycles. The molecule has 0 saturated carbocycles. The van der Waals surface area contributed by atoms with Gasteiger partial charge in [-0.25, -0.2) is 4.79 Å². The maximum Gasteiger partial charge on any atom is 0.349 e. The van der Waals surface area contributed by atoms with Crippen molar-refractivity contribution in [2.45, 2.75) is 19.4 Å². The van der Waals surface area contributed by atoms with Crippen LogP contribution in [-0.4, -0.2) is 24.1 Å². The van der Waals surface area contributed by atoms with Crippen molar-refractivity contribution in [3.05, 3.63) is 64.1 Å².